The van der Waals surface area contributed by atoms with E-state index in [1.165, 1.54) is 16.7 Å². The zero-order valence-corrected chi connectivity index (χ0v) is 13.4. The molecule has 0 atom stereocenters. The normalized spacial score (nSPS) is 12.6. The average molecular weight is 347 g/mol. The Kier molecular flexibility index (Phi) is 4.79. The van der Waals surface area contributed by atoms with Crippen LogP contribution in [0.3, 0.4) is 0 Å². The van der Waals surface area contributed by atoms with Crippen molar-refractivity contribution in [2.24, 2.45) is 0 Å². The zero-order chi connectivity index (χ0) is 17.3. The molecule has 1 heterocycles. The molecule has 5 nitrogen and oxygen atoms in total. The molecule has 126 valence electrons. The smallest absolute Gasteiger partial charge is 0.302 e. The van der Waals surface area contributed by atoms with Crippen LogP contribution in [0.4, 0.5) is 13.2 Å². The van der Waals surface area contributed by atoms with Crippen molar-refractivity contribution in [1.29, 1.82) is 0 Å². The van der Waals surface area contributed by atoms with Gasteiger partial charge in [-0.1, -0.05) is 25.1 Å². The summed E-state index contributed by atoms with van der Waals surface area (Å²) < 4.78 is 65.4. The van der Waals surface area contributed by atoms with E-state index in [0.29, 0.717) is 18.8 Å². The second-order valence-electron chi connectivity index (χ2n) is 5.10. The summed E-state index contributed by atoms with van der Waals surface area (Å²) in [4.78, 5) is 0. The number of alkyl halides is 3. The van der Waals surface area contributed by atoms with Crippen molar-refractivity contribution in [3.8, 4) is 0 Å². The highest BCUT2D eigenvalue weighted by Gasteiger charge is 2.35. The molecule has 0 N–H and O–H groups in total. The van der Waals surface area contributed by atoms with Crippen molar-refractivity contribution >= 4 is 9.84 Å². The van der Waals surface area contributed by atoms with Gasteiger partial charge >= 0.3 is 6.18 Å². The van der Waals surface area contributed by atoms with Crippen molar-refractivity contribution in [2.45, 2.75) is 43.9 Å². The Morgan fingerprint density at radius 2 is 1.83 bits per heavy atom. The Balaban J connectivity index is 2.45. The maximum Gasteiger partial charge on any atom is 0.416 e. The molecular weight excluding hydrogens is 331 g/mol. The minimum absolute atomic E-state index is 0.297. The predicted molar refractivity (Wildman–Crippen MR) is 77.4 cm³/mol. The summed E-state index contributed by atoms with van der Waals surface area (Å²) in [6.07, 6.45) is -3.96. The van der Waals surface area contributed by atoms with Crippen molar-refractivity contribution in [3.05, 3.63) is 41.2 Å². The number of hydrogen-bond donors (Lipinski definition) is 0. The van der Waals surface area contributed by atoms with Crippen LogP contribution in [0.5, 0.6) is 0 Å². The van der Waals surface area contributed by atoms with Gasteiger partial charge in [-0.05, 0) is 25.0 Å². The second-order valence-corrected chi connectivity index (χ2v) is 6.98. The molecule has 0 aliphatic rings. The first-order valence-corrected chi connectivity index (χ1v) is 8.59. The van der Waals surface area contributed by atoms with Gasteiger partial charge in [0.15, 0.2) is 0 Å². The monoisotopic (exact) mass is 347 g/mol. The fourth-order valence-corrected chi connectivity index (χ4v) is 3.78. The van der Waals surface area contributed by atoms with E-state index < -0.39 is 27.3 Å². The largest absolute Gasteiger partial charge is 0.416 e. The minimum atomic E-state index is -4.61. The van der Waals surface area contributed by atoms with Crippen molar-refractivity contribution in [2.75, 3.05) is 0 Å². The Morgan fingerprint density at radius 3 is 2.43 bits per heavy atom. The second kappa shape index (κ2) is 6.31. The molecule has 0 bridgehead atoms. The Labute approximate surface area is 132 Å². The summed E-state index contributed by atoms with van der Waals surface area (Å²) in [5.41, 5.74) is -1.26. The van der Waals surface area contributed by atoms with Gasteiger partial charge in [0.05, 0.1) is 11.3 Å². The highest BCUT2D eigenvalue weighted by Crippen LogP contribution is 2.33. The topological polar surface area (TPSA) is 64.8 Å². The summed E-state index contributed by atoms with van der Waals surface area (Å²) in [5, 5.41) is 7.07. The van der Waals surface area contributed by atoms with E-state index in [0.717, 1.165) is 12.1 Å². The van der Waals surface area contributed by atoms with Crippen LogP contribution in [-0.2, 0) is 28.3 Å². The van der Waals surface area contributed by atoms with Gasteiger partial charge in [-0.3, -0.25) is 0 Å². The fraction of sp³-hybridized carbons (Fsp3) is 0.429. The number of sulfone groups is 1. The summed E-state index contributed by atoms with van der Waals surface area (Å²) in [7, 11) is -4.04. The summed E-state index contributed by atoms with van der Waals surface area (Å²) in [5.74, 6) is -0.362. The highest BCUT2D eigenvalue weighted by atomic mass is 32.2. The molecule has 2 aromatic rings. The number of benzene rings is 1. The lowest BCUT2D eigenvalue weighted by Gasteiger charge is -2.13. The first kappa shape index (κ1) is 17.5. The lowest BCUT2D eigenvalue weighted by molar-refractivity contribution is -0.138. The molecule has 0 fully saturated rings. The Morgan fingerprint density at radius 1 is 1.17 bits per heavy atom. The van der Waals surface area contributed by atoms with E-state index >= 15 is 0 Å². The van der Waals surface area contributed by atoms with Gasteiger partial charge in [-0.15, -0.1) is 10.2 Å². The van der Waals surface area contributed by atoms with Crippen LogP contribution in [0.25, 0.3) is 0 Å². The summed E-state index contributed by atoms with van der Waals surface area (Å²) >= 11 is 0. The third kappa shape index (κ3) is 3.72. The van der Waals surface area contributed by atoms with Crippen LogP contribution in [0.15, 0.2) is 29.4 Å². The number of halogens is 3. The van der Waals surface area contributed by atoms with Crippen LogP contribution in [-0.4, -0.2) is 23.2 Å². The molecule has 9 heteroatoms. The third-order valence-corrected chi connectivity index (χ3v) is 4.84. The maximum atomic E-state index is 13.0. The zero-order valence-electron chi connectivity index (χ0n) is 12.6. The van der Waals surface area contributed by atoms with Crippen molar-refractivity contribution in [1.82, 2.24) is 14.8 Å². The third-order valence-electron chi connectivity index (χ3n) is 3.30. The van der Waals surface area contributed by atoms with E-state index in [1.54, 1.807) is 6.92 Å². The van der Waals surface area contributed by atoms with Gasteiger partial charge in [0.1, 0.15) is 5.82 Å². The van der Waals surface area contributed by atoms with Gasteiger partial charge in [-0.2, -0.15) is 13.2 Å². The van der Waals surface area contributed by atoms with E-state index in [2.05, 4.69) is 10.2 Å². The van der Waals surface area contributed by atoms with Crippen LogP contribution >= 0.6 is 0 Å². The van der Waals surface area contributed by atoms with E-state index in [4.69, 9.17) is 0 Å². The molecule has 1 aromatic carbocycles. The Hall–Kier alpha value is -1.90. The van der Waals surface area contributed by atoms with Crippen molar-refractivity contribution < 1.29 is 21.6 Å². The van der Waals surface area contributed by atoms with Gasteiger partial charge in [0, 0.05) is 6.54 Å². The number of nitrogens with zero attached hydrogens (tertiary/aromatic N) is 3. The molecule has 0 amide bonds. The first-order chi connectivity index (χ1) is 10.7. The molecule has 0 aliphatic heterocycles. The summed E-state index contributed by atoms with van der Waals surface area (Å²) in [6.45, 7) is 3.84. The Bertz CT molecular complexity index is 798. The minimum Gasteiger partial charge on any atom is -0.302 e. The average Bonchev–Trinajstić information content (AvgIpc) is 2.80. The molecule has 0 saturated carbocycles. The van der Waals surface area contributed by atoms with E-state index in [9.17, 15) is 21.6 Å². The molecule has 0 aliphatic carbocycles. The standard InChI is InChI=1S/C14H16F3N3O2S/c1-3-8-20-10(2)18-19-13(20)23(21,22)9-11-6-4-5-7-12(11)14(15,16)17/h4-7H,3,8-9H2,1-2H3. The van der Waals surface area contributed by atoms with Crippen LogP contribution in [0.2, 0.25) is 0 Å². The van der Waals surface area contributed by atoms with Crippen LogP contribution in [0.1, 0.15) is 30.3 Å². The molecule has 0 saturated heterocycles. The van der Waals surface area contributed by atoms with Gasteiger partial charge in [-0.25, -0.2) is 8.42 Å². The van der Waals surface area contributed by atoms with Crippen molar-refractivity contribution in [3.63, 3.8) is 0 Å². The van der Waals surface area contributed by atoms with Crippen LogP contribution in [0, 0.1) is 6.92 Å². The number of aromatic nitrogens is 3. The predicted octanol–water partition coefficient (Wildman–Crippen LogP) is 2.99. The SMILES string of the molecule is CCCn1c(C)nnc1S(=O)(=O)Cc1ccccc1C(F)(F)F. The number of hydrogen-bond acceptors (Lipinski definition) is 4. The molecule has 0 spiro atoms. The van der Waals surface area contributed by atoms with Gasteiger partial charge in [0.25, 0.3) is 0 Å². The molecule has 2 rings (SSSR count). The lowest BCUT2D eigenvalue weighted by Crippen LogP contribution is -2.17. The quantitative estimate of drug-likeness (QED) is 0.834. The molecular formula is C14H16F3N3O2S. The lowest BCUT2D eigenvalue weighted by atomic mass is 10.1. The number of aryl methyl sites for hydroxylation is 1. The van der Waals surface area contributed by atoms with Crippen LogP contribution < -0.4 is 0 Å². The summed E-state index contributed by atoms with van der Waals surface area (Å²) in [6, 6.07) is 4.63. The van der Waals surface area contributed by atoms with E-state index in [1.807, 2.05) is 6.92 Å². The first-order valence-electron chi connectivity index (χ1n) is 6.94. The van der Waals surface area contributed by atoms with Gasteiger partial charge < -0.3 is 4.57 Å². The highest BCUT2D eigenvalue weighted by molar-refractivity contribution is 7.90. The number of rotatable bonds is 5. The fourth-order valence-electron chi connectivity index (χ4n) is 2.26. The molecule has 1 aromatic heterocycles. The molecule has 0 unspecified atom stereocenters. The van der Waals surface area contributed by atoms with Gasteiger partial charge in [0.2, 0.25) is 15.0 Å². The molecule has 0 radical (unpaired) electrons. The van der Waals surface area contributed by atoms with E-state index in [-0.39, 0.29) is 10.7 Å². The maximum absolute atomic E-state index is 13.0. The molecule has 23 heavy (non-hydrogen) atoms.